The molecule has 1 atom stereocenters. The molecule has 0 saturated heterocycles. The van der Waals surface area contributed by atoms with Crippen molar-refractivity contribution in [3.05, 3.63) is 48.0 Å². The summed E-state index contributed by atoms with van der Waals surface area (Å²) in [6.07, 6.45) is -0.620. The minimum absolute atomic E-state index is 0.223. The van der Waals surface area contributed by atoms with E-state index < -0.39 is 16.1 Å². The number of hydrogen-bond acceptors (Lipinski definition) is 4. The predicted octanol–water partition coefficient (Wildman–Crippen LogP) is 2.52. The maximum atomic E-state index is 12.5. The van der Waals surface area contributed by atoms with E-state index in [0.29, 0.717) is 22.7 Å². The molecular weight excluding hydrogens is 316 g/mol. The Labute approximate surface area is 134 Å². The number of anilines is 2. The second-order valence-electron chi connectivity index (χ2n) is 5.33. The normalized spacial score (nSPS) is 17.0. The number of fused-ring (bicyclic) bond motifs is 1. The molecule has 1 aliphatic heterocycles. The first-order valence-corrected chi connectivity index (χ1v) is 8.55. The third kappa shape index (κ3) is 3.00. The Hall–Kier alpha value is -2.54. The van der Waals surface area contributed by atoms with E-state index in [1.165, 1.54) is 0 Å². The van der Waals surface area contributed by atoms with E-state index in [9.17, 15) is 13.2 Å². The number of carbonyl (C=O) groups is 1. The van der Waals surface area contributed by atoms with E-state index >= 15 is 0 Å². The monoisotopic (exact) mass is 332 g/mol. The minimum atomic E-state index is -3.69. The number of rotatable bonds is 3. The van der Waals surface area contributed by atoms with Gasteiger partial charge in [-0.1, -0.05) is 18.2 Å². The van der Waals surface area contributed by atoms with Gasteiger partial charge in [0.25, 0.3) is 15.9 Å². The fourth-order valence-corrected chi connectivity index (χ4v) is 3.63. The van der Waals surface area contributed by atoms with Crippen LogP contribution < -0.4 is 14.8 Å². The van der Waals surface area contributed by atoms with Gasteiger partial charge >= 0.3 is 0 Å². The van der Waals surface area contributed by atoms with Crippen LogP contribution in [-0.4, -0.2) is 20.4 Å². The van der Waals surface area contributed by atoms with E-state index in [2.05, 4.69) is 10.0 Å². The van der Waals surface area contributed by atoms with Crippen LogP contribution in [0.3, 0.4) is 0 Å². The van der Waals surface area contributed by atoms with Crippen LogP contribution in [0.2, 0.25) is 0 Å². The summed E-state index contributed by atoms with van der Waals surface area (Å²) in [7, 11) is -3.69. The van der Waals surface area contributed by atoms with Gasteiger partial charge in [-0.15, -0.1) is 0 Å². The first-order valence-electron chi connectivity index (χ1n) is 7.07. The van der Waals surface area contributed by atoms with Crippen molar-refractivity contribution in [3.8, 4) is 5.75 Å². The van der Waals surface area contributed by atoms with E-state index in [-0.39, 0.29) is 10.8 Å². The van der Waals surface area contributed by atoms with Gasteiger partial charge < -0.3 is 10.1 Å². The van der Waals surface area contributed by atoms with Crippen molar-refractivity contribution in [2.24, 2.45) is 0 Å². The highest BCUT2D eigenvalue weighted by molar-refractivity contribution is 7.92. The highest BCUT2D eigenvalue weighted by Crippen LogP contribution is 2.33. The summed E-state index contributed by atoms with van der Waals surface area (Å²) in [5.74, 6) is 0.202. The van der Waals surface area contributed by atoms with Gasteiger partial charge in [-0.3, -0.25) is 9.52 Å². The number of benzene rings is 2. The molecular formula is C16H16N2O4S. The molecule has 0 spiro atoms. The predicted molar refractivity (Wildman–Crippen MR) is 87.1 cm³/mol. The molecule has 0 fully saturated rings. The lowest BCUT2D eigenvalue weighted by Gasteiger charge is -2.23. The minimum Gasteiger partial charge on any atom is -0.479 e. The first-order chi connectivity index (χ1) is 10.9. The molecule has 23 heavy (non-hydrogen) atoms. The zero-order chi connectivity index (χ0) is 16.6. The summed E-state index contributed by atoms with van der Waals surface area (Å²) in [6.45, 7) is 3.37. The van der Waals surface area contributed by atoms with Crippen LogP contribution >= 0.6 is 0 Å². The summed E-state index contributed by atoms with van der Waals surface area (Å²) < 4.78 is 33.0. The van der Waals surface area contributed by atoms with Gasteiger partial charge in [0.1, 0.15) is 5.75 Å². The maximum absolute atomic E-state index is 12.5. The van der Waals surface area contributed by atoms with E-state index in [1.807, 2.05) is 0 Å². The lowest BCUT2D eigenvalue weighted by atomic mass is 10.2. The smallest absolute Gasteiger partial charge is 0.265 e. The Balaban J connectivity index is 1.91. The standard InChI is InChI=1S/C16H16N2O4S/c1-10-5-3-4-6-15(10)23(20,21)18-12-7-8-13-14(9-12)22-11(2)16(19)17-13/h3-9,11,18H,1-2H3,(H,17,19). The number of carbonyl (C=O) groups excluding carboxylic acids is 1. The van der Waals surface area contributed by atoms with Gasteiger partial charge in [-0.2, -0.15) is 0 Å². The average molecular weight is 332 g/mol. The molecule has 2 aromatic rings. The SMILES string of the molecule is Cc1ccccc1S(=O)(=O)Nc1ccc2c(c1)OC(C)C(=O)N2. The molecule has 0 aromatic heterocycles. The Morgan fingerprint density at radius 2 is 1.91 bits per heavy atom. The molecule has 0 aliphatic carbocycles. The van der Waals surface area contributed by atoms with Crippen molar-refractivity contribution < 1.29 is 17.9 Å². The Morgan fingerprint density at radius 3 is 2.65 bits per heavy atom. The van der Waals surface area contributed by atoms with E-state index in [1.54, 1.807) is 56.3 Å². The van der Waals surface area contributed by atoms with Gasteiger partial charge in [0.05, 0.1) is 16.3 Å². The molecule has 1 unspecified atom stereocenters. The van der Waals surface area contributed by atoms with Crippen LogP contribution in [0.4, 0.5) is 11.4 Å². The van der Waals surface area contributed by atoms with Gasteiger partial charge in [0.2, 0.25) is 0 Å². The number of nitrogens with one attached hydrogen (secondary N) is 2. The van der Waals surface area contributed by atoms with Crippen molar-refractivity contribution in [1.29, 1.82) is 0 Å². The average Bonchev–Trinajstić information content (AvgIpc) is 2.48. The van der Waals surface area contributed by atoms with Crippen LogP contribution in [0.15, 0.2) is 47.4 Å². The molecule has 1 aliphatic rings. The highest BCUT2D eigenvalue weighted by atomic mass is 32.2. The fraction of sp³-hybridized carbons (Fsp3) is 0.188. The molecule has 7 heteroatoms. The number of hydrogen-bond donors (Lipinski definition) is 2. The molecule has 2 N–H and O–H groups in total. The van der Waals surface area contributed by atoms with Crippen molar-refractivity contribution in [2.45, 2.75) is 24.8 Å². The van der Waals surface area contributed by atoms with Crippen LogP contribution in [0.1, 0.15) is 12.5 Å². The molecule has 2 aromatic carbocycles. The lowest BCUT2D eigenvalue weighted by molar-refractivity contribution is -0.122. The number of aryl methyl sites for hydroxylation is 1. The molecule has 6 nitrogen and oxygen atoms in total. The Morgan fingerprint density at radius 1 is 1.17 bits per heavy atom. The quantitative estimate of drug-likeness (QED) is 0.904. The summed E-state index contributed by atoms with van der Waals surface area (Å²) in [5, 5.41) is 2.70. The maximum Gasteiger partial charge on any atom is 0.265 e. The Bertz CT molecular complexity index is 877. The summed E-state index contributed by atoms with van der Waals surface area (Å²) in [4.78, 5) is 11.8. The molecule has 0 bridgehead atoms. The lowest BCUT2D eigenvalue weighted by Crippen LogP contribution is -2.34. The fourth-order valence-electron chi connectivity index (χ4n) is 2.33. The summed E-state index contributed by atoms with van der Waals surface area (Å²) in [6, 6.07) is 11.5. The largest absolute Gasteiger partial charge is 0.479 e. The molecule has 0 saturated carbocycles. The zero-order valence-corrected chi connectivity index (χ0v) is 13.5. The van der Waals surface area contributed by atoms with Gasteiger partial charge in [0.15, 0.2) is 6.10 Å². The van der Waals surface area contributed by atoms with Crippen molar-refractivity contribution >= 4 is 27.3 Å². The van der Waals surface area contributed by atoms with Gasteiger partial charge in [-0.05, 0) is 37.6 Å². The van der Waals surface area contributed by atoms with E-state index in [0.717, 1.165) is 0 Å². The van der Waals surface area contributed by atoms with Crippen LogP contribution in [-0.2, 0) is 14.8 Å². The van der Waals surface area contributed by atoms with Crippen LogP contribution in [0.25, 0.3) is 0 Å². The van der Waals surface area contributed by atoms with Crippen molar-refractivity contribution in [1.82, 2.24) is 0 Å². The van der Waals surface area contributed by atoms with Crippen LogP contribution in [0, 0.1) is 6.92 Å². The van der Waals surface area contributed by atoms with E-state index in [4.69, 9.17) is 4.74 Å². The number of amides is 1. The second-order valence-corrected chi connectivity index (χ2v) is 6.98. The third-order valence-electron chi connectivity index (χ3n) is 3.55. The number of sulfonamides is 1. The topological polar surface area (TPSA) is 84.5 Å². The zero-order valence-electron chi connectivity index (χ0n) is 12.7. The third-order valence-corrected chi connectivity index (χ3v) is 5.09. The molecule has 3 rings (SSSR count). The number of ether oxygens (including phenoxy) is 1. The summed E-state index contributed by atoms with van der Waals surface area (Å²) in [5.41, 5.74) is 1.55. The molecule has 1 amide bonds. The Kier molecular flexibility index (Phi) is 3.73. The van der Waals surface area contributed by atoms with Gasteiger partial charge in [-0.25, -0.2) is 8.42 Å². The summed E-state index contributed by atoms with van der Waals surface area (Å²) >= 11 is 0. The first kappa shape index (κ1) is 15.4. The van der Waals surface area contributed by atoms with Crippen LogP contribution in [0.5, 0.6) is 5.75 Å². The van der Waals surface area contributed by atoms with Crippen molar-refractivity contribution in [3.63, 3.8) is 0 Å². The molecule has 120 valence electrons. The van der Waals surface area contributed by atoms with Crippen molar-refractivity contribution in [2.75, 3.05) is 10.0 Å². The van der Waals surface area contributed by atoms with Gasteiger partial charge in [0, 0.05) is 6.07 Å². The molecule has 0 radical (unpaired) electrons. The highest BCUT2D eigenvalue weighted by Gasteiger charge is 2.24. The second kappa shape index (κ2) is 5.58. The molecule has 1 heterocycles.